The predicted molar refractivity (Wildman–Crippen MR) is 108 cm³/mol. The van der Waals surface area contributed by atoms with Gasteiger partial charge in [-0.3, -0.25) is 4.79 Å². The van der Waals surface area contributed by atoms with Crippen molar-refractivity contribution in [2.45, 2.75) is 26.2 Å². The van der Waals surface area contributed by atoms with Crippen LogP contribution in [-0.2, 0) is 5.41 Å². The van der Waals surface area contributed by atoms with E-state index in [4.69, 9.17) is 4.42 Å². The molecule has 138 valence electrons. The summed E-state index contributed by atoms with van der Waals surface area (Å²) in [7, 11) is 0. The van der Waals surface area contributed by atoms with Crippen LogP contribution in [0.25, 0.3) is 6.08 Å². The van der Waals surface area contributed by atoms with Crippen molar-refractivity contribution in [2.24, 2.45) is 4.99 Å². The fraction of sp³-hybridized carbons (Fsp3) is 0.190. The van der Waals surface area contributed by atoms with Crippen LogP contribution in [0.4, 0.5) is 5.13 Å². The van der Waals surface area contributed by atoms with E-state index in [2.05, 4.69) is 9.98 Å². The summed E-state index contributed by atoms with van der Waals surface area (Å²) in [6.07, 6.45) is 7.90. The van der Waals surface area contributed by atoms with E-state index in [9.17, 15) is 9.90 Å². The molecule has 6 heteroatoms. The van der Waals surface area contributed by atoms with Crippen molar-refractivity contribution in [1.29, 1.82) is 0 Å². The number of aromatic nitrogens is 1. The summed E-state index contributed by atoms with van der Waals surface area (Å²) in [6.45, 7) is 6.06. The Morgan fingerprint density at radius 1 is 1.33 bits per heavy atom. The van der Waals surface area contributed by atoms with E-state index in [0.717, 1.165) is 11.1 Å². The quantitative estimate of drug-likeness (QED) is 0.366. The van der Waals surface area contributed by atoms with Gasteiger partial charge in [0, 0.05) is 28.9 Å². The zero-order valence-corrected chi connectivity index (χ0v) is 16.2. The predicted octanol–water partition coefficient (Wildman–Crippen LogP) is 5.39. The van der Waals surface area contributed by atoms with Crippen LogP contribution in [0.3, 0.4) is 0 Å². The summed E-state index contributed by atoms with van der Waals surface area (Å²) >= 11 is 1.41. The number of carbonyl (C=O) groups is 1. The van der Waals surface area contributed by atoms with Gasteiger partial charge in [-0.15, -0.1) is 11.3 Å². The van der Waals surface area contributed by atoms with Crippen molar-refractivity contribution < 1.29 is 14.3 Å². The fourth-order valence-corrected chi connectivity index (χ4v) is 3.00. The van der Waals surface area contributed by atoms with Gasteiger partial charge in [-0.1, -0.05) is 26.8 Å². The minimum atomic E-state index is -0.275. The molecule has 0 fully saturated rings. The molecule has 2 heterocycles. The molecule has 0 saturated heterocycles. The molecule has 0 unspecified atom stereocenters. The first kappa shape index (κ1) is 18.8. The van der Waals surface area contributed by atoms with Gasteiger partial charge in [0.2, 0.25) is 10.9 Å². The standard InChI is InChI=1S/C21H20N2O3S/c1-21(2,3)16-12-14(6-7-17(24)18-5-4-9-26-18)11-15(19(16)25)13-23-20-22-8-10-27-20/h4-13,25H,1-3H3/b7-6+,23-13+. The first-order chi connectivity index (χ1) is 12.8. The Balaban J connectivity index is 1.98. The van der Waals surface area contributed by atoms with E-state index in [1.165, 1.54) is 23.7 Å². The van der Waals surface area contributed by atoms with Crippen molar-refractivity contribution in [1.82, 2.24) is 4.98 Å². The van der Waals surface area contributed by atoms with Gasteiger partial charge in [0.1, 0.15) is 5.75 Å². The molecule has 0 aliphatic carbocycles. The van der Waals surface area contributed by atoms with Crippen LogP contribution in [0.15, 0.2) is 57.6 Å². The fourth-order valence-electron chi connectivity index (χ4n) is 2.52. The number of phenols is 1. The van der Waals surface area contributed by atoms with Crippen LogP contribution < -0.4 is 0 Å². The minimum absolute atomic E-state index is 0.178. The lowest BCUT2D eigenvalue weighted by Gasteiger charge is -2.22. The third kappa shape index (κ3) is 4.60. The highest BCUT2D eigenvalue weighted by Gasteiger charge is 2.20. The minimum Gasteiger partial charge on any atom is -0.507 e. The first-order valence-electron chi connectivity index (χ1n) is 8.41. The van der Waals surface area contributed by atoms with Crippen LogP contribution in [0.2, 0.25) is 0 Å². The number of allylic oxidation sites excluding steroid dienone is 1. The SMILES string of the molecule is CC(C)(C)c1cc(/C=C/C(=O)c2ccco2)cc(/C=N/c2nccs2)c1O. The number of ketones is 1. The number of hydrogen-bond acceptors (Lipinski definition) is 6. The molecule has 0 aliphatic heterocycles. The lowest BCUT2D eigenvalue weighted by atomic mass is 9.84. The van der Waals surface area contributed by atoms with Gasteiger partial charge in [0.05, 0.1) is 6.26 Å². The highest BCUT2D eigenvalue weighted by molar-refractivity contribution is 7.13. The molecule has 0 atom stereocenters. The Bertz CT molecular complexity index is 979. The molecule has 0 bridgehead atoms. The van der Waals surface area contributed by atoms with Crippen LogP contribution in [0, 0.1) is 0 Å². The maximum absolute atomic E-state index is 12.1. The first-order valence-corrected chi connectivity index (χ1v) is 9.29. The van der Waals surface area contributed by atoms with E-state index in [1.54, 1.807) is 36.7 Å². The summed E-state index contributed by atoms with van der Waals surface area (Å²) in [5.74, 6) is 0.243. The lowest BCUT2D eigenvalue weighted by molar-refractivity contribution is 0.102. The van der Waals surface area contributed by atoms with Gasteiger partial charge < -0.3 is 9.52 Å². The van der Waals surface area contributed by atoms with Gasteiger partial charge >= 0.3 is 0 Å². The molecule has 3 rings (SSSR count). The highest BCUT2D eigenvalue weighted by Crippen LogP contribution is 2.34. The van der Waals surface area contributed by atoms with Gasteiger partial charge in [-0.2, -0.15) is 0 Å². The van der Waals surface area contributed by atoms with Gasteiger partial charge in [0.25, 0.3) is 0 Å². The van der Waals surface area contributed by atoms with Crippen LogP contribution in [0.5, 0.6) is 5.75 Å². The van der Waals surface area contributed by atoms with Crippen molar-refractivity contribution in [2.75, 3.05) is 0 Å². The lowest BCUT2D eigenvalue weighted by Crippen LogP contribution is -2.12. The van der Waals surface area contributed by atoms with Gasteiger partial charge in [-0.25, -0.2) is 9.98 Å². The Morgan fingerprint density at radius 2 is 2.15 bits per heavy atom. The number of nitrogens with zero attached hydrogens (tertiary/aromatic N) is 2. The number of thiazole rings is 1. The van der Waals surface area contributed by atoms with E-state index >= 15 is 0 Å². The molecular formula is C21H20N2O3S. The molecule has 3 aromatic rings. The third-order valence-electron chi connectivity index (χ3n) is 3.89. The second-order valence-corrected chi connectivity index (χ2v) is 7.88. The molecule has 27 heavy (non-hydrogen) atoms. The van der Waals surface area contributed by atoms with E-state index in [-0.39, 0.29) is 22.7 Å². The molecular weight excluding hydrogens is 360 g/mol. The number of phenolic OH excluding ortho intramolecular Hbond substituents is 1. The Kier molecular flexibility index (Phi) is 5.37. The van der Waals surface area contributed by atoms with Crippen LogP contribution in [-0.4, -0.2) is 22.1 Å². The largest absolute Gasteiger partial charge is 0.507 e. The van der Waals surface area contributed by atoms with Crippen molar-refractivity contribution in [3.63, 3.8) is 0 Å². The second kappa shape index (κ2) is 7.72. The highest BCUT2D eigenvalue weighted by atomic mass is 32.1. The third-order valence-corrected chi connectivity index (χ3v) is 4.57. The summed E-state index contributed by atoms with van der Waals surface area (Å²) < 4.78 is 5.12. The molecule has 0 saturated carbocycles. The van der Waals surface area contributed by atoms with Crippen molar-refractivity contribution >= 4 is 34.5 Å². The number of aromatic hydroxyl groups is 1. The van der Waals surface area contributed by atoms with Crippen LogP contribution in [0.1, 0.15) is 48.0 Å². The number of aliphatic imine (C=N–C) groups is 1. The average Bonchev–Trinajstić information content (AvgIpc) is 3.32. The number of furan rings is 1. The summed E-state index contributed by atoms with van der Waals surface area (Å²) in [5.41, 5.74) is 1.86. The Hall–Kier alpha value is -2.99. The molecule has 1 aromatic carbocycles. The smallest absolute Gasteiger partial charge is 0.221 e. The molecule has 1 N–H and O–H groups in total. The number of rotatable bonds is 5. The van der Waals surface area contributed by atoms with Crippen molar-refractivity contribution in [3.05, 3.63) is 70.6 Å². The zero-order chi connectivity index (χ0) is 19.4. The molecule has 0 radical (unpaired) electrons. The molecule has 0 aliphatic rings. The van der Waals surface area contributed by atoms with E-state index in [1.807, 2.05) is 32.2 Å². The molecule has 0 spiro atoms. The van der Waals surface area contributed by atoms with Crippen molar-refractivity contribution in [3.8, 4) is 5.75 Å². The Morgan fingerprint density at radius 3 is 2.78 bits per heavy atom. The zero-order valence-electron chi connectivity index (χ0n) is 15.3. The maximum Gasteiger partial charge on any atom is 0.221 e. The number of carbonyl (C=O) groups excluding carboxylic acids is 1. The number of benzene rings is 1. The summed E-state index contributed by atoms with van der Waals surface area (Å²) in [6, 6.07) is 6.96. The summed E-state index contributed by atoms with van der Waals surface area (Å²) in [4.78, 5) is 20.6. The normalized spacial score (nSPS) is 12.3. The van der Waals surface area contributed by atoms with Gasteiger partial charge in [-0.05, 0) is 41.3 Å². The van der Waals surface area contributed by atoms with Crippen LogP contribution >= 0.6 is 11.3 Å². The Labute approximate surface area is 161 Å². The molecule has 5 nitrogen and oxygen atoms in total. The maximum atomic E-state index is 12.1. The van der Waals surface area contributed by atoms with E-state index in [0.29, 0.717) is 10.7 Å². The van der Waals surface area contributed by atoms with Gasteiger partial charge in [0.15, 0.2) is 5.76 Å². The average molecular weight is 380 g/mol. The number of hydrogen-bond donors (Lipinski definition) is 1. The molecule has 2 aromatic heterocycles. The monoisotopic (exact) mass is 380 g/mol. The summed E-state index contributed by atoms with van der Waals surface area (Å²) in [5, 5.41) is 13.1. The van der Waals surface area contributed by atoms with E-state index < -0.39 is 0 Å². The topological polar surface area (TPSA) is 75.7 Å². The second-order valence-electron chi connectivity index (χ2n) is 7.00. The molecule has 0 amide bonds.